The third kappa shape index (κ3) is 3.00. The second-order valence-corrected chi connectivity index (χ2v) is 6.40. The average Bonchev–Trinajstić information content (AvgIpc) is 2.32. The first-order chi connectivity index (χ1) is 8.58. The standard InChI is InChI=1S/C14H14BrNOS/c1-10-6-7-14(13(16)8-10)18(17)9-11-4-2-3-5-12(11)15/h2-8H,9,16H2,1H3. The van der Waals surface area contributed by atoms with E-state index in [4.69, 9.17) is 5.73 Å². The molecule has 0 bridgehead atoms. The lowest BCUT2D eigenvalue weighted by atomic mass is 10.2. The summed E-state index contributed by atoms with van der Waals surface area (Å²) in [7, 11) is -1.12. The molecule has 0 aliphatic rings. The van der Waals surface area contributed by atoms with Crippen molar-refractivity contribution in [3.63, 3.8) is 0 Å². The summed E-state index contributed by atoms with van der Waals surface area (Å²) < 4.78 is 13.3. The molecule has 4 heteroatoms. The molecular formula is C14H14BrNOS. The van der Waals surface area contributed by atoms with Gasteiger partial charge < -0.3 is 5.73 Å². The molecule has 0 fully saturated rings. The molecule has 0 amide bonds. The number of aryl methyl sites for hydroxylation is 1. The molecule has 0 aliphatic carbocycles. The lowest BCUT2D eigenvalue weighted by Crippen LogP contribution is -2.01. The Kier molecular flexibility index (Phi) is 4.19. The number of benzene rings is 2. The number of nitrogen functional groups attached to an aromatic ring is 1. The number of halogens is 1. The van der Waals surface area contributed by atoms with Gasteiger partial charge in [-0.1, -0.05) is 40.2 Å². The summed E-state index contributed by atoms with van der Waals surface area (Å²) in [5, 5.41) is 0. The van der Waals surface area contributed by atoms with E-state index in [0.29, 0.717) is 16.3 Å². The summed E-state index contributed by atoms with van der Waals surface area (Å²) in [6, 6.07) is 13.4. The fourth-order valence-electron chi connectivity index (χ4n) is 1.71. The summed E-state index contributed by atoms with van der Waals surface area (Å²) in [6.45, 7) is 1.97. The van der Waals surface area contributed by atoms with Crippen LogP contribution < -0.4 is 5.73 Å². The maximum Gasteiger partial charge on any atom is 0.0621 e. The van der Waals surface area contributed by atoms with Crippen molar-refractivity contribution >= 4 is 32.4 Å². The van der Waals surface area contributed by atoms with Gasteiger partial charge in [-0.25, -0.2) is 0 Å². The van der Waals surface area contributed by atoms with Gasteiger partial charge in [-0.3, -0.25) is 4.21 Å². The van der Waals surface area contributed by atoms with E-state index in [1.165, 1.54) is 0 Å². The van der Waals surface area contributed by atoms with E-state index >= 15 is 0 Å². The van der Waals surface area contributed by atoms with E-state index in [9.17, 15) is 4.21 Å². The first kappa shape index (κ1) is 13.3. The van der Waals surface area contributed by atoms with Gasteiger partial charge in [0.05, 0.1) is 21.4 Å². The van der Waals surface area contributed by atoms with Crippen LogP contribution in [0.1, 0.15) is 11.1 Å². The molecule has 0 spiro atoms. The fourth-order valence-corrected chi connectivity index (χ4v) is 3.55. The minimum atomic E-state index is -1.12. The fraction of sp³-hybridized carbons (Fsp3) is 0.143. The summed E-state index contributed by atoms with van der Waals surface area (Å²) in [5.41, 5.74) is 8.61. The molecule has 0 heterocycles. The van der Waals surface area contributed by atoms with Crippen molar-refractivity contribution in [2.75, 3.05) is 5.73 Å². The van der Waals surface area contributed by atoms with Gasteiger partial charge in [0.25, 0.3) is 0 Å². The Morgan fingerprint density at radius 1 is 1.22 bits per heavy atom. The Hall–Kier alpha value is -1.13. The number of anilines is 1. The summed E-state index contributed by atoms with van der Waals surface area (Å²) >= 11 is 3.46. The van der Waals surface area contributed by atoms with Gasteiger partial charge in [0.1, 0.15) is 0 Å². The van der Waals surface area contributed by atoms with Crippen LogP contribution in [0.4, 0.5) is 5.69 Å². The Labute approximate surface area is 118 Å². The molecular weight excluding hydrogens is 310 g/mol. The van der Waals surface area contributed by atoms with E-state index in [1.54, 1.807) is 0 Å². The lowest BCUT2D eigenvalue weighted by molar-refractivity contribution is 0.683. The molecule has 18 heavy (non-hydrogen) atoms. The van der Waals surface area contributed by atoms with Crippen LogP contribution in [0.3, 0.4) is 0 Å². The Bertz CT molecular complexity index is 598. The second-order valence-electron chi connectivity index (χ2n) is 4.12. The highest BCUT2D eigenvalue weighted by molar-refractivity contribution is 9.10. The maximum absolute atomic E-state index is 12.3. The number of hydrogen-bond acceptors (Lipinski definition) is 2. The quantitative estimate of drug-likeness (QED) is 0.876. The molecule has 2 nitrogen and oxygen atoms in total. The molecule has 2 aromatic carbocycles. The normalized spacial score (nSPS) is 12.3. The second kappa shape index (κ2) is 5.67. The third-order valence-corrected chi connectivity index (χ3v) is 4.86. The average molecular weight is 324 g/mol. The van der Waals surface area contributed by atoms with E-state index in [1.807, 2.05) is 49.4 Å². The van der Waals surface area contributed by atoms with Crippen molar-refractivity contribution < 1.29 is 4.21 Å². The third-order valence-electron chi connectivity index (χ3n) is 2.66. The maximum atomic E-state index is 12.3. The SMILES string of the molecule is Cc1ccc(S(=O)Cc2ccccc2Br)c(N)c1. The van der Waals surface area contributed by atoms with Crippen molar-refractivity contribution in [3.05, 3.63) is 58.1 Å². The highest BCUT2D eigenvalue weighted by Gasteiger charge is 2.10. The van der Waals surface area contributed by atoms with Crippen LogP contribution in [0.5, 0.6) is 0 Å². The Morgan fingerprint density at radius 2 is 1.94 bits per heavy atom. The Morgan fingerprint density at radius 3 is 2.61 bits per heavy atom. The monoisotopic (exact) mass is 323 g/mol. The number of nitrogens with two attached hydrogens (primary N) is 1. The first-order valence-electron chi connectivity index (χ1n) is 5.56. The van der Waals surface area contributed by atoms with Crippen LogP contribution in [0.15, 0.2) is 51.8 Å². The first-order valence-corrected chi connectivity index (χ1v) is 7.67. The Balaban J connectivity index is 2.25. The van der Waals surface area contributed by atoms with Crippen molar-refractivity contribution in [1.29, 1.82) is 0 Å². The molecule has 2 aromatic rings. The highest BCUT2D eigenvalue weighted by Crippen LogP contribution is 2.23. The van der Waals surface area contributed by atoms with Crippen LogP contribution in [-0.2, 0) is 16.6 Å². The molecule has 94 valence electrons. The molecule has 2 N–H and O–H groups in total. The van der Waals surface area contributed by atoms with Crippen molar-refractivity contribution in [3.8, 4) is 0 Å². The minimum absolute atomic E-state index is 0.467. The zero-order valence-electron chi connectivity index (χ0n) is 10.0. The van der Waals surface area contributed by atoms with E-state index in [0.717, 1.165) is 15.6 Å². The van der Waals surface area contributed by atoms with Gasteiger partial charge in [-0.05, 0) is 36.2 Å². The largest absolute Gasteiger partial charge is 0.398 e. The molecule has 1 unspecified atom stereocenters. The summed E-state index contributed by atoms with van der Waals surface area (Å²) in [6.07, 6.45) is 0. The number of hydrogen-bond donors (Lipinski definition) is 1. The molecule has 0 radical (unpaired) electrons. The van der Waals surface area contributed by atoms with Gasteiger partial charge in [0.2, 0.25) is 0 Å². The molecule has 0 saturated heterocycles. The summed E-state index contributed by atoms with van der Waals surface area (Å²) in [4.78, 5) is 0.705. The van der Waals surface area contributed by atoms with Gasteiger partial charge in [0.15, 0.2) is 0 Å². The van der Waals surface area contributed by atoms with E-state index < -0.39 is 10.8 Å². The van der Waals surface area contributed by atoms with Crippen LogP contribution in [0, 0.1) is 6.92 Å². The van der Waals surface area contributed by atoms with Gasteiger partial charge in [-0.15, -0.1) is 0 Å². The van der Waals surface area contributed by atoms with Gasteiger partial charge in [0, 0.05) is 10.2 Å². The summed E-state index contributed by atoms with van der Waals surface area (Å²) in [5.74, 6) is 0.467. The van der Waals surface area contributed by atoms with E-state index in [2.05, 4.69) is 15.9 Å². The van der Waals surface area contributed by atoms with E-state index in [-0.39, 0.29) is 0 Å². The smallest absolute Gasteiger partial charge is 0.0621 e. The van der Waals surface area contributed by atoms with Crippen LogP contribution in [-0.4, -0.2) is 4.21 Å². The topological polar surface area (TPSA) is 43.1 Å². The number of rotatable bonds is 3. The molecule has 2 rings (SSSR count). The zero-order chi connectivity index (χ0) is 13.1. The highest BCUT2D eigenvalue weighted by atomic mass is 79.9. The van der Waals surface area contributed by atoms with Gasteiger partial charge >= 0.3 is 0 Å². The predicted molar refractivity (Wildman–Crippen MR) is 79.8 cm³/mol. The zero-order valence-corrected chi connectivity index (χ0v) is 12.4. The van der Waals surface area contributed by atoms with Crippen LogP contribution in [0.2, 0.25) is 0 Å². The molecule has 1 atom stereocenters. The lowest BCUT2D eigenvalue weighted by Gasteiger charge is -2.08. The van der Waals surface area contributed by atoms with Crippen LogP contribution in [0.25, 0.3) is 0 Å². The predicted octanol–water partition coefficient (Wildman–Crippen LogP) is 3.65. The molecule has 0 aromatic heterocycles. The van der Waals surface area contributed by atoms with Gasteiger partial charge in [-0.2, -0.15) is 0 Å². The van der Waals surface area contributed by atoms with Crippen molar-refractivity contribution in [1.82, 2.24) is 0 Å². The molecule has 0 saturated carbocycles. The minimum Gasteiger partial charge on any atom is -0.398 e. The van der Waals surface area contributed by atoms with Crippen LogP contribution >= 0.6 is 15.9 Å². The van der Waals surface area contributed by atoms with Crippen molar-refractivity contribution in [2.45, 2.75) is 17.6 Å². The molecule has 0 aliphatic heterocycles. The van der Waals surface area contributed by atoms with Crippen molar-refractivity contribution in [2.24, 2.45) is 0 Å².